The maximum Gasteiger partial charge on any atom is 0.367 e. The van der Waals surface area contributed by atoms with E-state index in [0.717, 1.165) is 11.6 Å². The second-order valence-electron chi connectivity index (χ2n) is 3.52. The van der Waals surface area contributed by atoms with Gasteiger partial charge >= 0.3 is 10.8 Å². The van der Waals surface area contributed by atoms with E-state index in [1.807, 2.05) is 30.3 Å². The number of ether oxygens (including phenoxy) is 1. The third kappa shape index (κ3) is 4.78. The van der Waals surface area contributed by atoms with Gasteiger partial charge in [-0.15, -0.1) is 0 Å². The van der Waals surface area contributed by atoms with Gasteiger partial charge in [0.25, 0.3) is 0 Å². The summed E-state index contributed by atoms with van der Waals surface area (Å²) in [6.07, 6.45) is 1.00. The van der Waals surface area contributed by atoms with Crippen LogP contribution in [-0.4, -0.2) is 17.4 Å². The van der Waals surface area contributed by atoms with Gasteiger partial charge in [-0.1, -0.05) is 36.4 Å². The number of allylic oxidation sites excluding steroid dienone is 1. The van der Waals surface area contributed by atoms with Crippen LogP contribution in [0, 0.1) is 0 Å². The molecule has 0 saturated heterocycles. The summed E-state index contributed by atoms with van der Waals surface area (Å²) in [6.45, 7) is 0.0784. The quantitative estimate of drug-likeness (QED) is 0.326. The molecule has 1 aromatic rings. The highest BCUT2D eigenvalue weighted by molar-refractivity contribution is 9.10. The van der Waals surface area contributed by atoms with E-state index in [1.165, 1.54) is 0 Å². The van der Waals surface area contributed by atoms with Crippen molar-refractivity contribution >= 4 is 15.9 Å². The Labute approximate surface area is 111 Å². The van der Waals surface area contributed by atoms with Gasteiger partial charge in [0.05, 0.1) is 13.2 Å². The van der Waals surface area contributed by atoms with Crippen LogP contribution in [0.15, 0.2) is 42.5 Å². The average molecular weight is 327 g/mol. The molecule has 1 nitrogen and oxygen atoms in total. The monoisotopic (exact) mass is 326 g/mol. The van der Waals surface area contributed by atoms with Gasteiger partial charge in [0.1, 0.15) is 0 Å². The number of benzene rings is 1. The minimum Gasteiger partial charge on any atom is -0.373 e. The van der Waals surface area contributed by atoms with E-state index in [4.69, 9.17) is 4.74 Å². The molecule has 0 aliphatic rings. The van der Waals surface area contributed by atoms with Gasteiger partial charge in [-0.3, -0.25) is 0 Å². The molecule has 0 bridgehead atoms. The van der Waals surface area contributed by atoms with Crippen molar-refractivity contribution in [1.29, 1.82) is 0 Å². The predicted molar refractivity (Wildman–Crippen MR) is 64.1 cm³/mol. The summed E-state index contributed by atoms with van der Waals surface area (Å²) in [5.41, 5.74) is 0.878. The minimum atomic E-state index is -4.25. The zero-order valence-corrected chi connectivity index (χ0v) is 10.8. The molecule has 1 aromatic carbocycles. The first-order valence-electron chi connectivity index (χ1n) is 5.07. The molecule has 0 fully saturated rings. The highest BCUT2D eigenvalue weighted by Gasteiger charge is 2.52. The lowest BCUT2D eigenvalue weighted by atomic mass is 10.2. The van der Waals surface area contributed by atoms with E-state index in [0.29, 0.717) is 0 Å². The smallest absolute Gasteiger partial charge is 0.367 e. The Hall–Kier alpha value is -0.880. The summed E-state index contributed by atoms with van der Waals surface area (Å²) in [7, 11) is 0. The fourth-order valence-corrected chi connectivity index (χ4v) is 1.24. The highest BCUT2D eigenvalue weighted by Crippen LogP contribution is 2.40. The van der Waals surface area contributed by atoms with E-state index in [-0.39, 0.29) is 19.3 Å². The fraction of sp³-hybridized carbons (Fsp3) is 0.333. The first-order valence-corrected chi connectivity index (χ1v) is 5.86. The molecule has 0 saturated carbocycles. The second-order valence-corrected chi connectivity index (χ2v) is 4.52. The Bertz CT molecular complexity index is 387. The second kappa shape index (κ2) is 6.33. The van der Waals surface area contributed by atoms with Crippen LogP contribution in [0.1, 0.15) is 5.56 Å². The summed E-state index contributed by atoms with van der Waals surface area (Å²) in [5.74, 6) is -4.23. The number of halogens is 5. The van der Waals surface area contributed by atoms with Crippen molar-refractivity contribution < 1.29 is 22.3 Å². The first kappa shape index (κ1) is 15.2. The van der Waals surface area contributed by atoms with E-state index in [2.05, 4.69) is 0 Å². The SMILES string of the molecule is FC(F)(Br)C(F)(F)/C=C/COCc1ccccc1. The summed E-state index contributed by atoms with van der Waals surface area (Å²) in [5, 5.41) is 0. The van der Waals surface area contributed by atoms with Crippen molar-refractivity contribution in [2.24, 2.45) is 0 Å². The van der Waals surface area contributed by atoms with Gasteiger partial charge in [0.15, 0.2) is 0 Å². The number of rotatable bonds is 6. The molecular formula is C12H11BrF4O. The molecule has 6 heteroatoms. The van der Waals surface area contributed by atoms with E-state index in [9.17, 15) is 17.6 Å². The van der Waals surface area contributed by atoms with Crippen LogP contribution in [0.25, 0.3) is 0 Å². The van der Waals surface area contributed by atoms with Crippen LogP contribution < -0.4 is 0 Å². The maximum atomic E-state index is 12.7. The zero-order valence-electron chi connectivity index (χ0n) is 9.25. The molecule has 1 rings (SSSR count). The maximum absolute atomic E-state index is 12.7. The van der Waals surface area contributed by atoms with Crippen LogP contribution in [0.4, 0.5) is 17.6 Å². The van der Waals surface area contributed by atoms with Crippen LogP contribution in [0.3, 0.4) is 0 Å². The Morgan fingerprint density at radius 1 is 1.11 bits per heavy atom. The largest absolute Gasteiger partial charge is 0.373 e. The van der Waals surface area contributed by atoms with E-state index >= 15 is 0 Å². The minimum absolute atomic E-state index is 0.132. The molecule has 0 amide bonds. The van der Waals surface area contributed by atoms with Gasteiger partial charge in [0.2, 0.25) is 0 Å². The normalized spacial score (nSPS) is 13.2. The molecule has 0 aliphatic heterocycles. The molecule has 0 radical (unpaired) electrons. The fourth-order valence-electron chi connectivity index (χ4n) is 1.11. The van der Waals surface area contributed by atoms with Crippen molar-refractivity contribution in [3.8, 4) is 0 Å². The number of hydrogen-bond donors (Lipinski definition) is 0. The van der Waals surface area contributed by atoms with Crippen LogP contribution in [0.2, 0.25) is 0 Å². The summed E-state index contributed by atoms with van der Waals surface area (Å²) < 4.78 is 55.2. The van der Waals surface area contributed by atoms with Gasteiger partial charge in [-0.05, 0) is 27.6 Å². The first-order chi connectivity index (χ1) is 8.33. The molecule has 0 heterocycles. The van der Waals surface area contributed by atoms with Crippen LogP contribution >= 0.6 is 15.9 Å². The lowest BCUT2D eigenvalue weighted by Crippen LogP contribution is -2.32. The summed E-state index contributed by atoms with van der Waals surface area (Å²) in [6, 6.07) is 9.08. The Morgan fingerprint density at radius 3 is 2.28 bits per heavy atom. The van der Waals surface area contributed by atoms with Crippen molar-refractivity contribution in [2.75, 3.05) is 6.61 Å². The van der Waals surface area contributed by atoms with Crippen molar-refractivity contribution in [3.63, 3.8) is 0 Å². The van der Waals surface area contributed by atoms with Crippen molar-refractivity contribution in [3.05, 3.63) is 48.0 Å². The number of alkyl halides is 5. The molecule has 0 aromatic heterocycles. The topological polar surface area (TPSA) is 9.23 Å². The lowest BCUT2D eigenvalue weighted by molar-refractivity contribution is -0.111. The molecule has 0 unspecified atom stereocenters. The highest BCUT2D eigenvalue weighted by atomic mass is 79.9. The molecular weight excluding hydrogens is 316 g/mol. The predicted octanol–water partition coefficient (Wildman–Crippen LogP) is 4.38. The van der Waals surface area contributed by atoms with Gasteiger partial charge in [0, 0.05) is 0 Å². The Morgan fingerprint density at radius 2 is 1.72 bits per heavy atom. The van der Waals surface area contributed by atoms with Crippen molar-refractivity contribution in [2.45, 2.75) is 17.4 Å². The van der Waals surface area contributed by atoms with E-state index < -0.39 is 10.8 Å². The van der Waals surface area contributed by atoms with Gasteiger partial charge < -0.3 is 4.74 Å². The Balaban J connectivity index is 2.34. The summed E-state index contributed by atoms with van der Waals surface area (Å²) in [4.78, 5) is -4.25. The molecule has 0 aliphatic carbocycles. The van der Waals surface area contributed by atoms with E-state index in [1.54, 1.807) is 15.9 Å². The number of hydrogen-bond acceptors (Lipinski definition) is 1. The third-order valence-corrected chi connectivity index (χ3v) is 2.56. The Kier molecular flexibility index (Phi) is 5.34. The van der Waals surface area contributed by atoms with Crippen molar-refractivity contribution in [1.82, 2.24) is 0 Å². The van der Waals surface area contributed by atoms with Gasteiger partial charge in [-0.25, -0.2) is 0 Å². The molecule has 0 N–H and O–H groups in total. The summed E-state index contributed by atoms with van der Waals surface area (Å²) >= 11 is 1.63. The lowest BCUT2D eigenvalue weighted by Gasteiger charge is -2.17. The molecule has 100 valence electrons. The van der Waals surface area contributed by atoms with Gasteiger partial charge in [-0.2, -0.15) is 17.6 Å². The molecule has 18 heavy (non-hydrogen) atoms. The standard InChI is InChI=1S/C12H11BrF4O/c13-12(16,17)11(14,15)7-4-8-18-9-10-5-2-1-3-6-10/h1-7H,8-9H2/b7-4+. The molecule has 0 atom stereocenters. The zero-order chi connectivity index (χ0) is 13.6. The van der Waals surface area contributed by atoms with Crippen LogP contribution in [0.5, 0.6) is 0 Å². The molecule has 0 spiro atoms. The average Bonchev–Trinajstić information content (AvgIpc) is 2.28. The third-order valence-electron chi connectivity index (χ3n) is 2.03. The van der Waals surface area contributed by atoms with Crippen LogP contribution in [-0.2, 0) is 11.3 Å².